The number of amides is 1. The molecule has 0 aliphatic rings. The third kappa shape index (κ3) is 5.38. The molecule has 2 rings (SSSR count). The highest BCUT2D eigenvalue weighted by Crippen LogP contribution is 2.11. The Labute approximate surface area is 141 Å². The van der Waals surface area contributed by atoms with Crippen molar-refractivity contribution < 1.29 is 9.53 Å². The van der Waals surface area contributed by atoms with E-state index in [1.807, 2.05) is 42.5 Å². The third-order valence-electron chi connectivity index (χ3n) is 3.28. The molecule has 23 heavy (non-hydrogen) atoms. The molecule has 0 heterocycles. The van der Waals surface area contributed by atoms with E-state index in [4.69, 9.17) is 17.0 Å². The molecule has 0 fully saturated rings. The third-order valence-corrected chi connectivity index (χ3v) is 3.49. The number of rotatable bonds is 5. The molecule has 1 atom stereocenters. The molecule has 0 spiro atoms. The maximum atomic E-state index is 12.1. The highest BCUT2D eigenvalue weighted by molar-refractivity contribution is 7.80. The fraction of sp³-hybridized carbons (Fsp3) is 0.222. The Morgan fingerprint density at radius 2 is 1.78 bits per heavy atom. The van der Waals surface area contributed by atoms with Crippen molar-refractivity contribution >= 4 is 28.9 Å². The van der Waals surface area contributed by atoms with Crippen LogP contribution in [-0.2, 0) is 11.2 Å². The van der Waals surface area contributed by atoms with E-state index in [0.29, 0.717) is 5.75 Å². The Morgan fingerprint density at radius 3 is 2.39 bits per heavy atom. The smallest absolute Gasteiger partial charge is 0.266 e. The first kappa shape index (κ1) is 17.0. The minimum atomic E-state index is -0.639. The van der Waals surface area contributed by atoms with E-state index < -0.39 is 6.10 Å². The van der Waals surface area contributed by atoms with Crippen LogP contribution in [0, 0.1) is 0 Å². The number of carbonyl (C=O) groups is 1. The van der Waals surface area contributed by atoms with Crippen molar-refractivity contribution in [1.82, 2.24) is 5.32 Å². The van der Waals surface area contributed by atoms with E-state index in [1.165, 1.54) is 5.56 Å². The Balaban J connectivity index is 1.84. The van der Waals surface area contributed by atoms with E-state index in [1.54, 1.807) is 19.1 Å². The summed E-state index contributed by atoms with van der Waals surface area (Å²) in [4.78, 5) is 12.1. The van der Waals surface area contributed by atoms with Crippen molar-refractivity contribution in [3.05, 3.63) is 60.2 Å². The zero-order valence-electron chi connectivity index (χ0n) is 13.2. The fourth-order valence-corrected chi connectivity index (χ4v) is 2.17. The zero-order valence-corrected chi connectivity index (χ0v) is 14.0. The van der Waals surface area contributed by atoms with Crippen LogP contribution in [0.5, 0.6) is 5.75 Å². The Kier molecular flexibility index (Phi) is 6.11. The molecule has 0 aromatic heterocycles. The van der Waals surface area contributed by atoms with Gasteiger partial charge in [-0.25, -0.2) is 0 Å². The quantitative estimate of drug-likeness (QED) is 0.825. The molecular weight excluding hydrogens is 308 g/mol. The minimum absolute atomic E-state index is 0.253. The van der Waals surface area contributed by atoms with E-state index >= 15 is 0 Å². The number of benzene rings is 2. The first-order valence-corrected chi connectivity index (χ1v) is 7.92. The first-order chi connectivity index (χ1) is 11.1. The minimum Gasteiger partial charge on any atom is -0.481 e. The van der Waals surface area contributed by atoms with Crippen molar-refractivity contribution in [3.63, 3.8) is 0 Å². The molecule has 0 saturated carbocycles. The monoisotopic (exact) mass is 328 g/mol. The SMILES string of the molecule is CCc1ccc(NC(=S)NC(=O)[C@@H](C)Oc2ccccc2)cc1. The molecule has 0 aliphatic heterocycles. The van der Waals surface area contributed by atoms with Crippen molar-refractivity contribution in [2.24, 2.45) is 0 Å². The van der Waals surface area contributed by atoms with Gasteiger partial charge in [-0.15, -0.1) is 0 Å². The Morgan fingerprint density at radius 1 is 1.13 bits per heavy atom. The predicted octanol–water partition coefficient (Wildman–Crippen LogP) is 3.53. The number of thiocarbonyl (C=S) groups is 1. The van der Waals surface area contributed by atoms with E-state index in [9.17, 15) is 4.79 Å². The van der Waals surface area contributed by atoms with Crippen LogP contribution in [0.4, 0.5) is 5.69 Å². The summed E-state index contributed by atoms with van der Waals surface area (Å²) in [6.07, 6.45) is 0.343. The molecular formula is C18H20N2O2S. The maximum Gasteiger partial charge on any atom is 0.266 e. The fourth-order valence-electron chi connectivity index (χ4n) is 1.96. The van der Waals surface area contributed by atoms with Gasteiger partial charge in [-0.3, -0.25) is 10.1 Å². The molecule has 0 saturated heterocycles. The van der Waals surface area contributed by atoms with Crippen LogP contribution in [0.2, 0.25) is 0 Å². The number of aryl methyl sites for hydroxylation is 1. The lowest BCUT2D eigenvalue weighted by atomic mass is 10.1. The molecule has 0 unspecified atom stereocenters. The number of ether oxygens (including phenoxy) is 1. The van der Waals surface area contributed by atoms with E-state index in [0.717, 1.165) is 12.1 Å². The van der Waals surface area contributed by atoms with Crippen molar-refractivity contribution in [3.8, 4) is 5.75 Å². The van der Waals surface area contributed by atoms with Gasteiger partial charge in [-0.05, 0) is 55.4 Å². The molecule has 2 aromatic carbocycles. The lowest BCUT2D eigenvalue weighted by molar-refractivity contribution is -0.125. The van der Waals surface area contributed by atoms with Crippen LogP contribution in [0.15, 0.2) is 54.6 Å². The molecule has 1 amide bonds. The van der Waals surface area contributed by atoms with Gasteiger partial charge in [0.05, 0.1) is 0 Å². The first-order valence-electron chi connectivity index (χ1n) is 7.51. The molecule has 2 aromatic rings. The maximum absolute atomic E-state index is 12.1. The van der Waals surface area contributed by atoms with Gasteiger partial charge in [0.2, 0.25) is 0 Å². The number of anilines is 1. The lowest BCUT2D eigenvalue weighted by Crippen LogP contribution is -2.42. The van der Waals surface area contributed by atoms with Gasteiger partial charge >= 0.3 is 0 Å². The second-order valence-corrected chi connectivity index (χ2v) is 5.48. The number of nitrogens with one attached hydrogen (secondary N) is 2. The molecule has 4 nitrogen and oxygen atoms in total. The highest BCUT2D eigenvalue weighted by atomic mass is 32.1. The summed E-state index contributed by atoms with van der Waals surface area (Å²) in [6.45, 7) is 3.78. The van der Waals surface area contributed by atoms with E-state index in [2.05, 4.69) is 17.6 Å². The summed E-state index contributed by atoms with van der Waals surface area (Å²) >= 11 is 5.16. The average molecular weight is 328 g/mol. The van der Waals surface area contributed by atoms with Crippen LogP contribution < -0.4 is 15.4 Å². The van der Waals surface area contributed by atoms with E-state index in [-0.39, 0.29) is 11.0 Å². The molecule has 2 N–H and O–H groups in total. The van der Waals surface area contributed by atoms with Crippen molar-refractivity contribution in [1.29, 1.82) is 0 Å². The van der Waals surface area contributed by atoms with Gasteiger partial charge in [0.15, 0.2) is 11.2 Å². The molecule has 5 heteroatoms. The van der Waals surface area contributed by atoms with Crippen LogP contribution >= 0.6 is 12.2 Å². The number of carbonyl (C=O) groups excluding carboxylic acids is 1. The summed E-state index contributed by atoms with van der Waals surface area (Å²) in [5.74, 6) is 0.348. The van der Waals surface area contributed by atoms with Gasteiger partial charge in [-0.2, -0.15) is 0 Å². The van der Waals surface area contributed by atoms with Crippen LogP contribution in [0.3, 0.4) is 0 Å². The van der Waals surface area contributed by atoms with Gasteiger partial charge in [0.25, 0.3) is 5.91 Å². The largest absolute Gasteiger partial charge is 0.481 e. The molecule has 120 valence electrons. The predicted molar refractivity (Wildman–Crippen MR) is 96.7 cm³/mol. The number of hydrogen-bond donors (Lipinski definition) is 2. The van der Waals surface area contributed by atoms with Crippen LogP contribution in [0.1, 0.15) is 19.4 Å². The normalized spacial score (nSPS) is 11.4. The van der Waals surface area contributed by atoms with Gasteiger partial charge in [0, 0.05) is 5.69 Å². The summed E-state index contributed by atoms with van der Waals surface area (Å²) in [6, 6.07) is 17.1. The van der Waals surface area contributed by atoms with Gasteiger partial charge < -0.3 is 10.1 Å². The van der Waals surface area contributed by atoms with Crippen LogP contribution in [-0.4, -0.2) is 17.1 Å². The van der Waals surface area contributed by atoms with Gasteiger partial charge in [0.1, 0.15) is 5.75 Å². The second kappa shape index (κ2) is 8.29. The summed E-state index contributed by atoms with van der Waals surface area (Å²) in [5, 5.41) is 5.87. The standard InChI is InChI=1S/C18H20N2O2S/c1-3-14-9-11-15(12-10-14)19-18(23)20-17(21)13(2)22-16-7-5-4-6-8-16/h4-13H,3H2,1-2H3,(H2,19,20,21,23)/t13-/m1/s1. The molecule has 0 radical (unpaired) electrons. The van der Waals surface area contributed by atoms with Gasteiger partial charge in [-0.1, -0.05) is 37.3 Å². The zero-order chi connectivity index (χ0) is 16.7. The Bertz CT molecular complexity index is 656. The number of hydrogen-bond acceptors (Lipinski definition) is 3. The summed E-state index contributed by atoms with van der Waals surface area (Å²) in [7, 11) is 0. The van der Waals surface area contributed by atoms with Crippen molar-refractivity contribution in [2.45, 2.75) is 26.4 Å². The second-order valence-electron chi connectivity index (χ2n) is 5.07. The summed E-state index contributed by atoms with van der Waals surface area (Å²) in [5.41, 5.74) is 2.08. The molecule has 0 bridgehead atoms. The van der Waals surface area contributed by atoms with Crippen molar-refractivity contribution in [2.75, 3.05) is 5.32 Å². The van der Waals surface area contributed by atoms with Crippen LogP contribution in [0.25, 0.3) is 0 Å². The average Bonchev–Trinajstić information content (AvgIpc) is 2.56. The molecule has 0 aliphatic carbocycles. The topological polar surface area (TPSA) is 50.4 Å². The lowest BCUT2D eigenvalue weighted by Gasteiger charge is -2.15. The number of para-hydroxylation sites is 1. The Hall–Kier alpha value is -2.40. The summed E-state index contributed by atoms with van der Waals surface area (Å²) < 4.78 is 5.56. The highest BCUT2D eigenvalue weighted by Gasteiger charge is 2.15.